The molecule has 1 aromatic carbocycles. The molecule has 80 valence electrons. The monoisotopic (exact) mass is 208 g/mol. The van der Waals surface area contributed by atoms with Crippen molar-refractivity contribution in [2.45, 2.75) is 24.9 Å². The smallest absolute Gasteiger partial charge is 0.197 e. The molecule has 0 atom stereocenters. The van der Waals surface area contributed by atoms with Crippen LogP contribution in [-0.4, -0.2) is 18.5 Å². The molecule has 1 saturated carbocycles. The average molecular weight is 208 g/mol. The summed E-state index contributed by atoms with van der Waals surface area (Å²) in [4.78, 5) is 12.0. The molecular weight excluding hydrogens is 195 g/mol. The number of benzene rings is 1. The highest BCUT2D eigenvalue weighted by Gasteiger charge is 2.45. The van der Waals surface area contributed by atoms with E-state index < -0.39 is 11.4 Å². The molecule has 0 radical (unpaired) electrons. The van der Waals surface area contributed by atoms with Gasteiger partial charge in [0.25, 0.3) is 0 Å². The molecule has 0 bridgehead atoms. The van der Waals surface area contributed by atoms with E-state index in [2.05, 4.69) is 0 Å². The highest BCUT2D eigenvalue weighted by Crippen LogP contribution is 2.38. The molecule has 1 fully saturated rings. The zero-order valence-electron chi connectivity index (χ0n) is 8.63. The molecular formula is C12H13FO2. The van der Waals surface area contributed by atoms with Crippen molar-refractivity contribution >= 4 is 5.78 Å². The second kappa shape index (κ2) is 3.74. The zero-order chi connectivity index (χ0) is 10.9. The maximum Gasteiger partial charge on any atom is 0.197 e. The molecule has 0 heterocycles. The fourth-order valence-electron chi connectivity index (χ4n) is 1.91. The third-order valence-electron chi connectivity index (χ3n) is 3.08. The number of hydrogen-bond donors (Lipinski definition) is 0. The Labute approximate surface area is 88.1 Å². The lowest BCUT2D eigenvalue weighted by molar-refractivity contribution is -0.0450. The van der Waals surface area contributed by atoms with E-state index in [4.69, 9.17) is 4.74 Å². The van der Waals surface area contributed by atoms with Crippen LogP contribution in [0.3, 0.4) is 0 Å². The van der Waals surface area contributed by atoms with Gasteiger partial charge in [-0.15, -0.1) is 0 Å². The van der Waals surface area contributed by atoms with Gasteiger partial charge in [-0.25, -0.2) is 4.39 Å². The molecule has 1 aromatic rings. The molecule has 0 spiro atoms. The number of hydrogen-bond acceptors (Lipinski definition) is 2. The predicted molar refractivity (Wildman–Crippen MR) is 54.3 cm³/mol. The zero-order valence-corrected chi connectivity index (χ0v) is 8.63. The van der Waals surface area contributed by atoms with Crippen molar-refractivity contribution in [2.24, 2.45) is 0 Å². The average Bonchev–Trinajstić information content (AvgIpc) is 2.17. The van der Waals surface area contributed by atoms with E-state index in [0.29, 0.717) is 12.8 Å². The van der Waals surface area contributed by atoms with Gasteiger partial charge in [0, 0.05) is 7.11 Å². The molecule has 0 amide bonds. The van der Waals surface area contributed by atoms with E-state index >= 15 is 0 Å². The van der Waals surface area contributed by atoms with Crippen molar-refractivity contribution in [3.05, 3.63) is 35.6 Å². The Kier molecular flexibility index (Phi) is 2.57. The first-order chi connectivity index (χ1) is 7.19. The predicted octanol–water partition coefficient (Wildman–Crippen LogP) is 2.58. The van der Waals surface area contributed by atoms with Gasteiger partial charge in [0.1, 0.15) is 11.4 Å². The van der Waals surface area contributed by atoms with Gasteiger partial charge in [-0.3, -0.25) is 4.79 Å². The Balaban J connectivity index is 2.32. The SMILES string of the molecule is COC1(C(=O)c2ccccc2F)CCC1. The van der Waals surface area contributed by atoms with E-state index in [1.165, 1.54) is 19.2 Å². The van der Waals surface area contributed by atoms with Crippen LogP contribution in [0.5, 0.6) is 0 Å². The van der Waals surface area contributed by atoms with Crippen LogP contribution >= 0.6 is 0 Å². The van der Waals surface area contributed by atoms with Crippen LogP contribution in [0.4, 0.5) is 4.39 Å². The van der Waals surface area contributed by atoms with Crippen molar-refractivity contribution in [1.82, 2.24) is 0 Å². The van der Waals surface area contributed by atoms with E-state index in [1.807, 2.05) is 0 Å². The summed E-state index contributed by atoms with van der Waals surface area (Å²) in [5.74, 6) is -0.694. The van der Waals surface area contributed by atoms with Crippen LogP contribution in [0, 0.1) is 5.82 Å². The van der Waals surface area contributed by atoms with Gasteiger partial charge in [0.15, 0.2) is 5.78 Å². The van der Waals surface area contributed by atoms with Gasteiger partial charge in [0.2, 0.25) is 0 Å². The van der Waals surface area contributed by atoms with Crippen molar-refractivity contribution in [3.63, 3.8) is 0 Å². The summed E-state index contributed by atoms with van der Waals surface area (Å²) >= 11 is 0. The minimum Gasteiger partial charge on any atom is -0.370 e. The van der Waals surface area contributed by atoms with Crippen LogP contribution < -0.4 is 0 Å². The third-order valence-corrected chi connectivity index (χ3v) is 3.08. The Morgan fingerprint density at radius 1 is 1.40 bits per heavy atom. The van der Waals surface area contributed by atoms with E-state index in [-0.39, 0.29) is 11.3 Å². The number of rotatable bonds is 3. The first kappa shape index (κ1) is 10.3. The summed E-state index contributed by atoms with van der Waals surface area (Å²) in [6, 6.07) is 6.05. The first-order valence-corrected chi connectivity index (χ1v) is 5.04. The molecule has 2 nitrogen and oxygen atoms in total. The van der Waals surface area contributed by atoms with Crippen LogP contribution in [-0.2, 0) is 4.74 Å². The molecule has 2 rings (SSSR count). The molecule has 0 saturated heterocycles. The summed E-state index contributed by atoms with van der Waals surface area (Å²) in [5, 5.41) is 0. The van der Waals surface area contributed by atoms with E-state index in [9.17, 15) is 9.18 Å². The molecule has 0 aliphatic heterocycles. The van der Waals surface area contributed by atoms with Crippen LogP contribution in [0.15, 0.2) is 24.3 Å². The Morgan fingerprint density at radius 3 is 2.53 bits per heavy atom. The number of carbonyl (C=O) groups excluding carboxylic acids is 1. The Hall–Kier alpha value is -1.22. The molecule has 0 N–H and O–H groups in total. The summed E-state index contributed by atoms with van der Waals surface area (Å²) in [6.07, 6.45) is 2.35. The normalized spacial score (nSPS) is 18.3. The summed E-state index contributed by atoms with van der Waals surface area (Å²) in [7, 11) is 1.51. The second-order valence-corrected chi connectivity index (χ2v) is 3.86. The first-order valence-electron chi connectivity index (χ1n) is 5.04. The Morgan fingerprint density at radius 2 is 2.07 bits per heavy atom. The molecule has 0 aromatic heterocycles. The number of ether oxygens (including phenoxy) is 1. The second-order valence-electron chi connectivity index (χ2n) is 3.86. The lowest BCUT2D eigenvalue weighted by atomic mass is 9.75. The third kappa shape index (κ3) is 1.57. The molecule has 1 aliphatic carbocycles. The van der Waals surface area contributed by atoms with Crippen molar-refractivity contribution in [1.29, 1.82) is 0 Å². The van der Waals surface area contributed by atoms with Gasteiger partial charge in [-0.2, -0.15) is 0 Å². The quantitative estimate of drug-likeness (QED) is 0.713. The van der Waals surface area contributed by atoms with Crippen LogP contribution in [0.1, 0.15) is 29.6 Å². The Bertz CT molecular complexity index is 377. The molecule has 1 aliphatic rings. The lowest BCUT2D eigenvalue weighted by Gasteiger charge is -2.38. The number of ketones is 1. The molecule has 0 unspecified atom stereocenters. The topological polar surface area (TPSA) is 26.3 Å². The molecule has 15 heavy (non-hydrogen) atoms. The van der Waals surface area contributed by atoms with E-state index in [0.717, 1.165) is 6.42 Å². The number of methoxy groups -OCH3 is 1. The van der Waals surface area contributed by atoms with Crippen molar-refractivity contribution < 1.29 is 13.9 Å². The summed E-state index contributed by atoms with van der Waals surface area (Å²) in [5.41, 5.74) is -0.624. The van der Waals surface area contributed by atoms with Gasteiger partial charge in [0.05, 0.1) is 5.56 Å². The number of halogens is 1. The maximum absolute atomic E-state index is 13.4. The fraction of sp³-hybridized carbons (Fsp3) is 0.417. The molecule has 3 heteroatoms. The van der Waals surface area contributed by atoms with Crippen molar-refractivity contribution in [2.75, 3.05) is 7.11 Å². The van der Waals surface area contributed by atoms with Gasteiger partial charge in [-0.1, -0.05) is 12.1 Å². The largest absolute Gasteiger partial charge is 0.370 e. The number of carbonyl (C=O) groups is 1. The summed E-state index contributed by atoms with van der Waals surface area (Å²) < 4.78 is 18.6. The van der Waals surface area contributed by atoms with E-state index in [1.54, 1.807) is 12.1 Å². The minimum absolute atomic E-state index is 0.138. The fourth-order valence-corrected chi connectivity index (χ4v) is 1.91. The minimum atomic E-state index is -0.762. The number of Topliss-reactive ketones (excluding diaryl/α,β-unsaturated/α-hetero) is 1. The van der Waals surface area contributed by atoms with Crippen molar-refractivity contribution in [3.8, 4) is 0 Å². The van der Waals surface area contributed by atoms with Gasteiger partial charge >= 0.3 is 0 Å². The van der Waals surface area contributed by atoms with Gasteiger partial charge in [-0.05, 0) is 31.4 Å². The lowest BCUT2D eigenvalue weighted by Crippen LogP contribution is -2.47. The standard InChI is InChI=1S/C12H13FO2/c1-15-12(7-4-8-12)11(14)9-5-2-3-6-10(9)13/h2-3,5-6H,4,7-8H2,1H3. The highest BCUT2D eigenvalue weighted by molar-refractivity contribution is 6.03. The van der Waals surface area contributed by atoms with Crippen LogP contribution in [0.25, 0.3) is 0 Å². The maximum atomic E-state index is 13.4. The summed E-state index contributed by atoms with van der Waals surface area (Å²) in [6.45, 7) is 0. The van der Waals surface area contributed by atoms with Gasteiger partial charge < -0.3 is 4.74 Å². The van der Waals surface area contributed by atoms with Crippen LogP contribution in [0.2, 0.25) is 0 Å². The highest BCUT2D eigenvalue weighted by atomic mass is 19.1.